The van der Waals surface area contributed by atoms with Gasteiger partial charge in [-0.05, 0) is 38.4 Å². The lowest BCUT2D eigenvalue weighted by Crippen LogP contribution is -2.10. The molecule has 3 rings (SSSR count). The Labute approximate surface area is 119 Å². The number of ether oxygens (including phenoxy) is 2. The Hall–Kier alpha value is -0.860. The number of fused-ring (bicyclic) bond motifs is 1. The summed E-state index contributed by atoms with van der Waals surface area (Å²) in [4.78, 5) is 4.63. The molecule has 1 atom stereocenters. The maximum atomic E-state index is 6.07. The lowest BCUT2D eigenvalue weighted by molar-refractivity contribution is 0.209. The van der Waals surface area contributed by atoms with Gasteiger partial charge < -0.3 is 9.47 Å². The van der Waals surface area contributed by atoms with Crippen LogP contribution in [-0.2, 0) is 0 Å². The molecule has 19 heavy (non-hydrogen) atoms. The van der Waals surface area contributed by atoms with E-state index in [9.17, 15) is 0 Å². The van der Waals surface area contributed by atoms with Crippen molar-refractivity contribution in [3.8, 4) is 11.5 Å². The highest BCUT2D eigenvalue weighted by Gasteiger charge is 2.18. The minimum atomic E-state index is 0.377. The molecule has 1 fully saturated rings. The van der Waals surface area contributed by atoms with Crippen LogP contribution in [-0.4, -0.2) is 24.9 Å². The largest absolute Gasteiger partial charge is 0.494 e. The van der Waals surface area contributed by atoms with Crippen LogP contribution in [0.3, 0.4) is 0 Å². The van der Waals surface area contributed by atoms with Crippen LogP contribution in [0.25, 0.3) is 10.2 Å². The van der Waals surface area contributed by atoms with Crippen molar-refractivity contribution in [2.75, 3.05) is 13.8 Å². The summed E-state index contributed by atoms with van der Waals surface area (Å²) < 4.78 is 13.9. The lowest BCUT2D eigenvalue weighted by atomic mass is 10.2. The maximum Gasteiger partial charge on any atom is 0.149 e. The fourth-order valence-corrected chi connectivity index (χ4v) is 4.23. The number of aromatic nitrogens is 1. The smallest absolute Gasteiger partial charge is 0.149 e. The van der Waals surface area contributed by atoms with Gasteiger partial charge in [-0.15, -0.1) is 11.3 Å². The summed E-state index contributed by atoms with van der Waals surface area (Å²) in [5.74, 6) is 1.75. The summed E-state index contributed by atoms with van der Waals surface area (Å²) in [5, 5.41) is 0. The number of methoxy groups -OCH3 is 1. The van der Waals surface area contributed by atoms with Gasteiger partial charge in [-0.25, -0.2) is 4.98 Å². The van der Waals surface area contributed by atoms with Crippen molar-refractivity contribution in [2.45, 2.75) is 31.8 Å². The minimum absolute atomic E-state index is 0.377. The zero-order chi connectivity index (χ0) is 13.2. The fourth-order valence-electron chi connectivity index (χ4n) is 2.50. The van der Waals surface area contributed by atoms with Gasteiger partial charge in [0.25, 0.3) is 0 Å². The van der Waals surface area contributed by atoms with Crippen molar-refractivity contribution in [1.82, 2.24) is 4.98 Å². The van der Waals surface area contributed by atoms with Gasteiger partial charge >= 0.3 is 0 Å². The van der Waals surface area contributed by atoms with Crippen LogP contribution in [0.2, 0.25) is 0 Å². The Morgan fingerprint density at radius 1 is 1.32 bits per heavy atom. The molecule has 1 aromatic heterocycles. The van der Waals surface area contributed by atoms with Crippen molar-refractivity contribution in [2.24, 2.45) is 0 Å². The highest BCUT2D eigenvalue weighted by Crippen LogP contribution is 2.35. The second-order valence-electron chi connectivity index (χ2n) is 4.77. The zero-order valence-electron chi connectivity index (χ0n) is 11.2. The van der Waals surface area contributed by atoms with E-state index in [1.165, 1.54) is 30.4 Å². The summed E-state index contributed by atoms with van der Waals surface area (Å²) in [6.07, 6.45) is 5.29. The van der Waals surface area contributed by atoms with Crippen LogP contribution in [0.15, 0.2) is 12.1 Å². The number of benzene rings is 1. The Kier molecular flexibility index (Phi) is 3.90. The summed E-state index contributed by atoms with van der Waals surface area (Å²) >= 11 is 1.74. The van der Waals surface area contributed by atoms with E-state index in [2.05, 4.69) is 17.7 Å². The highest BCUT2D eigenvalue weighted by atomic mass is 32.1. The predicted octanol–water partition coefficient (Wildman–Crippen LogP) is 3.56. The Morgan fingerprint density at radius 3 is 2.79 bits per heavy atom. The maximum absolute atomic E-state index is 6.07. The number of hydrogen-bond acceptors (Lipinski definition) is 4. The number of thiazole rings is 1. The highest BCUT2D eigenvalue weighted by molar-refractivity contribution is 7.56. The van der Waals surface area contributed by atoms with E-state index in [-0.39, 0.29) is 0 Å². The van der Waals surface area contributed by atoms with Crippen molar-refractivity contribution < 1.29 is 9.47 Å². The first-order valence-corrected chi connectivity index (χ1v) is 8.95. The summed E-state index contributed by atoms with van der Waals surface area (Å²) in [7, 11) is 2.42. The molecule has 1 aliphatic rings. The van der Waals surface area contributed by atoms with Crippen molar-refractivity contribution in [3.05, 3.63) is 12.1 Å². The molecule has 2 aromatic rings. The quantitative estimate of drug-likeness (QED) is 0.808. The number of rotatable bonds is 4. The Bertz CT molecular complexity index is 578. The van der Waals surface area contributed by atoms with Crippen molar-refractivity contribution in [3.63, 3.8) is 0 Å². The van der Waals surface area contributed by atoms with Gasteiger partial charge in [-0.1, -0.05) is 8.58 Å². The standard InChI is InChI=1S/C14H18NO2PS/c1-16-11-7-10(17-9-5-3-4-6-9)8-12-13(11)15-14(18-2)19-12/h7-9,18H,3-6H2,1-2H3. The summed E-state index contributed by atoms with van der Waals surface area (Å²) in [5.41, 5.74) is 0.968. The minimum Gasteiger partial charge on any atom is -0.494 e. The molecule has 1 heterocycles. The Morgan fingerprint density at radius 2 is 2.11 bits per heavy atom. The normalized spacial score (nSPS) is 16.7. The molecule has 0 spiro atoms. The molecule has 0 bridgehead atoms. The van der Waals surface area contributed by atoms with E-state index in [4.69, 9.17) is 9.47 Å². The number of nitrogens with zero attached hydrogens (tertiary/aromatic N) is 1. The van der Waals surface area contributed by atoms with E-state index < -0.39 is 0 Å². The van der Waals surface area contributed by atoms with E-state index in [1.807, 2.05) is 6.07 Å². The monoisotopic (exact) mass is 295 g/mol. The van der Waals surface area contributed by atoms with Gasteiger partial charge in [0.2, 0.25) is 0 Å². The van der Waals surface area contributed by atoms with Gasteiger partial charge in [-0.3, -0.25) is 0 Å². The van der Waals surface area contributed by atoms with Gasteiger partial charge in [0, 0.05) is 6.07 Å². The van der Waals surface area contributed by atoms with E-state index in [0.717, 1.165) is 30.3 Å². The molecule has 0 N–H and O–H groups in total. The molecule has 3 nitrogen and oxygen atoms in total. The molecular weight excluding hydrogens is 277 g/mol. The van der Waals surface area contributed by atoms with E-state index >= 15 is 0 Å². The lowest BCUT2D eigenvalue weighted by Gasteiger charge is -2.13. The molecule has 1 unspecified atom stereocenters. The molecular formula is C14H18NO2PS. The van der Waals surface area contributed by atoms with Gasteiger partial charge in [0.1, 0.15) is 21.8 Å². The topological polar surface area (TPSA) is 31.4 Å². The third-order valence-electron chi connectivity index (χ3n) is 3.47. The third kappa shape index (κ3) is 2.70. The molecule has 102 valence electrons. The second-order valence-corrected chi connectivity index (χ2v) is 7.13. The summed E-state index contributed by atoms with van der Waals surface area (Å²) in [6, 6.07) is 4.08. The SMILES string of the molecule is COc1cc(OC2CCCC2)cc2sc(PC)nc12. The average Bonchev–Trinajstić information content (AvgIpc) is 3.06. The van der Waals surface area contributed by atoms with Crippen LogP contribution < -0.4 is 14.2 Å². The molecule has 1 aromatic carbocycles. The predicted molar refractivity (Wildman–Crippen MR) is 82.9 cm³/mol. The first kappa shape index (κ1) is 13.1. The van der Waals surface area contributed by atoms with Crippen LogP contribution >= 0.6 is 19.9 Å². The molecule has 0 saturated heterocycles. The molecule has 0 amide bonds. The van der Waals surface area contributed by atoms with E-state index in [1.54, 1.807) is 18.4 Å². The molecule has 0 aliphatic heterocycles. The Balaban J connectivity index is 1.95. The molecule has 1 aliphatic carbocycles. The first-order chi connectivity index (χ1) is 9.30. The summed E-state index contributed by atoms with van der Waals surface area (Å²) in [6.45, 7) is 2.15. The van der Waals surface area contributed by atoms with Crippen LogP contribution in [0, 0.1) is 0 Å². The van der Waals surface area contributed by atoms with Gasteiger partial charge in [0.15, 0.2) is 0 Å². The van der Waals surface area contributed by atoms with Crippen molar-refractivity contribution in [1.29, 1.82) is 0 Å². The zero-order valence-corrected chi connectivity index (χ0v) is 13.0. The van der Waals surface area contributed by atoms with Crippen LogP contribution in [0.5, 0.6) is 11.5 Å². The van der Waals surface area contributed by atoms with Gasteiger partial charge in [-0.2, -0.15) is 0 Å². The van der Waals surface area contributed by atoms with E-state index in [0.29, 0.717) is 6.10 Å². The van der Waals surface area contributed by atoms with Crippen LogP contribution in [0.1, 0.15) is 25.7 Å². The third-order valence-corrected chi connectivity index (χ3v) is 5.75. The molecule has 0 radical (unpaired) electrons. The average molecular weight is 295 g/mol. The van der Waals surface area contributed by atoms with Crippen molar-refractivity contribution >= 4 is 34.9 Å². The molecule has 5 heteroatoms. The van der Waals surface area contributed by atoms with Crippen LogP contribution in [0.4, 0.5) is 0 Å². The fraction of sp³-hybridized carbons (Fsp3) is 0.500. The first-order valence-electron chi connectivity index (χ1n) is 6.63. The second kappa shape index (κ2) is 5.64. The van der Waals surface area contributed by atoms with Gasteiger partial charge in [0.05, 0.1) is 17.9 Å². The number of hydrogen-bond donors (Lipinski definition) is 0. The molecule has 1 saturated carbocycles.